The van der Waals surface area contributed by atoms with E-state index in [1.807, 2.05) is 6.07 Å². The van der Waals surface area contributed by atoms with Gasteiger partial charge in [-0.2, -0.15) is 0 Å². The van der Waals surface area contributed by atoms with Gasteiger partial charge in [0.1, 0.15) is 18.2 Å². The summed E-state index contributed by atoms with van der Waals surface area (Å²) in [7, 11) is 0. The van der Waals surface area contributed by atoms with Crippen LogP contribution >= 0.6 is 23.2 Å². The number of halogens is 4. The standard InChI is InChI=1S/C19H18Cl2F2N2O2/c20-13-4-5-18(15(21)10-13)24-6-8-25(9-7-24)19(26)12-27-11-14-16(22)2-1-3-17(14)23/h1-5,10H,6-9,11-12H2. The molecule has 27 heavy (non-hydrogen) atoms. The number of benzene rings is 2. The molecule has 0 unspecified atom stereocenters. The van der Waals surface area contributed by atoms with Crippen LogP contribution in [-0.4, -0.2) is 43.6 Å². The molecule has 0 saturated carbocycles. The Morgan fingerprint density at radius 1 is 1.04 bits per heavy atom. The number of hydrogen-bond donors (Lipinski definition) is 0. The van der Waals surface area contributed by atoms with Crippen molar-refractivity contribution in [2.45, 2.75) is 6.61 Å². The molecule has 1 heterocycles. The molecule has 0 bridgehead atoms. The van der Waals surface area contributed by atoms with Crippen molar-refractivity contribution in [1.82, 2.24) is 4.90 Å². The highest BCUT2D eigenvalue weighted by Crippen LogP contribution is 2.29. The van der Waals surface area contributed by atoms with Gasteiger partial charge in [0.15, 0.2) is 0 Å². The molecule has 1 aliphatic heterocycles. The van der Waals surface area contributed by atoms with E-state index in [-0.39, 0.29) is 24.7 Å². The fraction of sp³-hybridized carbons (Fsp3) is 0.316. The highest BCUT2D eigenvalue weighted by Gasteiger charge is 2.22. The summed E-state index contributed by atoms with van der Waals surface area (Å²) < 4.78 is 32.3. The van der Waals surface area contributed by atoms with Crippen molar-refractivity contribution in [3.8, 4) is 0 Å². The highest BCUT2D eigenvalue weighted by molar-refractivity contribution is 6.36. The number of piperazine rings is 1. The van der Waals surface area contributed by atoms with Crippen molar-refractivity contribution in [2.75, 3.05) is 37.7 Å². The summed E-state index contributed by atoms with van der Waals surface area (Å²) in [6, 6.07) is 8.91. The summed E-state index contributed by atoms with van der Waals surface area (Å²) in [5.41, 5.74) is 0.701. The summed E-state index contributed by atoms with van der Waals surface area (Å²) >= 11 is 12.1. The maximum absolute atomic E-state index is 13.6. The molecule has 0 aliphatic carbocycles. The van der Waals surface area contributed by atoms with E-state index in [0.717, 1.165) is 17.8 Å². The van der Waals surface area contributed by atoms with E-state index in [1.54, 1.807) is 17.0 Å². The summed E-state index contributed by atoms with van der Waals surface area (Å²) in [5, 5.41) is 1.14. The molecule has 0 aromatic heterocycles. The fourth-order valence-electron chi connectivity index (χ4n) is 2.94. The quantitative estimate of drug-likeness (QED) is 0.736. The van der Waals surface area contributed by atoms with Crippen molar-refractivity contribution < 1.29 is 18.3 Å². The SMILES string of the molecule is O=C(COCc1c(F)cccc1F)N1CCN(c2ccc(Cl)cc2Cl)CC1. The van der Waals surface area contributed by atoms with Crippen LogP contribution in [0, 0.1) is 11.6 Å². The summed E-state index contributed by atoms with van der Waals surface area (Å²) in [6.07, 6.45) is 0. The van der Waals surface area contributed by atoms with Gasteiger partial charge in [0.05, 0.1) is 17.3 Å². The Hall–Kier alpha value is -1.89. The lowest BCUT2D eigenvalue weighted by Crippen LogP contribution is -2.49. The second-order valence-electron chi connectivity index (χ2n) is 6.16. The third-order valence-electron chi connectivity index (χ3n) is 4.42. The van der Waals surface area contributed by atoms with Gasteiger partial charge in [-0.3, -0.25) is 4.79 Å². The molecule has 1 aliphatic rings. The molecular weight excluding hydrogens is 397 g/mol. The Morgan fingerprint density at radius 2 is 1.70 bits per heavy atom. The van der Waals surface area contributed by atoms with E-state index in [2.05, 4.69) is 4.90 Å². The zero-order valence-electron chi connectivity index (χ0n) is 14.4. The second-order valence-corrected chi connectivity index (χ2v) is 7.00. The molecule has 0 N–H and O–H groups in total. The van der Waals surface area contributed by atoms with Gasteiger partial charge in [-0.05, 0) is 30.3 Å². The summed E-state index contributed by atoms with van der Waals surface area (Å²) in [5.74, 6) is -1.58. The summed E-state index contributed by atoms with van der Waals surface area (Å²) in [6.45, 7) is 1.74. The Morgan fingerprint density at radius 3 is 2.33 bits per heavy atom. The Labute approximate surface area is 166 Å². The molecule has 1 amide bonds. The van der Waals surface area contributed by atoms with Crippen LogP contribution in [0.15, 0.2) is 36.4 Å². The van der Waals surface area contributed by atoms with E-state index < -0.39 is 11.6 Å². The molecule has 0 spiro atoms. The predicted octanol–water partition coefficient (Wildman–Crippen LogP) is 4.14. The molecule has 0 atom stereocenters. The number of amides is 1. The Kier molecular flexibility index (Phi) is 6.52. The molecular formula is C19H18Cl2F2N2O2. The molecule has 2 aromatic carbocycles. The van der Waals surface area contributed by atoms with Gasteiger partial charge >= 0.3 is 0 Å². The molecule has 1 fully saturated rings. The zero-order valence-corrected chi connectivity index (χ0v) is 15.9. The monoisotopic (exact) mass is 414 g/mol. The first kappa shape index (κ1) is 19.9. The van der Waals surface area contributed by atoms with Crippen molar-refractivity contribution in [3.63, 3.8) is 0 Å². The summed E-state index contributed by atoms with van der Waals surface area (Å²) in [4.78, 5) is 16.0. The largest absolute Gasteiger partial charge is 0.367 e. The van der Waals surface area contributed by atoms with Crippen LogP contribution in [0.3, 0.4) is 0 Å². The van der Waals surface area contributed by atoms with Crippen LogP contribution in [0.2, 0.25) is 10.0 Å². The minimum absolute atomic E-state index is 0.174. The van der Waals surface area contributed by atoms with Gasteiger partial charge in [-0.25, -0.2) is 8.78 Å². The first-order valence-electron chi connectivity index (χ1n) is 8.44. The molecule has 0 radical (unpaired) electrons. The lowest BCUT2D eigenvalue weighted by Gasteiger charge is -2.36. The zero-order chi connectivity index (χ0) is 19.4. The molecule has 144 valence electrons. The van der Waals surface area contributed by atoms with Crippen LogP contribution in [0.1, 0.15) is 5.56 Å². The fourth-order valence-corrected chi connectivity index (χ4v) is 3.46. The van der Waals surface area contributed by atoms with Crippen LogP contribution in [-0.2, 0) is 16.1 Å². The number of rotatable bonds is 5. The number of ether oxygens (including phenoxy) is 1. The third kappa shape index (κ3) is 4.89. The van der Waals surface area contributed by atoms with Gasteiger partial charge in [0, 0.05) is 36.8 Å². The smallest absolute Gasteiger partial charge is 0.248 e. The molecule has 8 heteroatoms. The normalized spacial score (nSPS) is 14.5. The number of carbonyl (C=O) groups excluding carboxylic acids is 1. The average Bonchev–Trinajstić information content (AvgIpc) is 2.64. The maximum Gasteiger partial charge on any atom is 0.248 e. The second kappa shape index (κ2) is 8.87. The average molecular weight is 415 g/mol. The predicted molar refractivity (Wildman–Crippen MR) is 101 cm³/mol. The van der Waals surface area contributed by atoms with Gasteiger partial charge in [0.2, 0.25) is 5.91 Å². The van der Waals surface area contributed by atoms with E-state index in [9.17, 15) is 13.6 Å². The lowest BCUT2D eigenvalue weighted by atomic mass is 10.2. The number of hydrogen-bond acceptors (Lipinski definition) is 3. The molecule has 3 rings (SSSR count). The third-order valence-corrected chi connectivity index (χ3v) is 4.95. The number of anilines is 1. The first-order valence-corrected chi connectivity index (χ1v) is 9.19. The molecule has 1 saturated heterocycles. The van der Waals surface area contributed by atoms with Crippen LogP contribution in [0.5, 0.6) is 0 Å². The van der Waals surface area contributed by atoms with Gasteiger partial charge in [-0.15, -0.1) is 0 Å². The minimum Gasteiger partial charge on any atom is -0.367 e. The Bertz CT molecular complexity index is 807. The van der Waals surface area contributed by atoms with Crippen molar-refractivity contribution in [2.24, 2.45) is 0 Å². The topological polar surface area (TPSA) is 32.8 Å². The number of carbonyl (C=O) groups is 1. The van der Waals surface area contributed by atoms with Crippen molar-refractivity contribution >= 4 is 34.8 Å². The van der Waals surface area contributed by atoms with Crippen molar-refractivity contribution in [1.29, 1.82) is 0 Å². The van der Waals surface area contributed by atoms with Crippen LogP contribution in [0.25, 0.3) is 0 Å². The van der Waals surface area contributed by atoms with E-state index in [4.69, 9.17) is 27.9 Å². The molecule has 4 nitrogen and oxygen atoms in total. The van der Waals surface area contributed by atoms with E-state index in [1.165, 1.54) is 6.07 Å². The Balaban J connectivity index is 1.48. The first-order chi connectivity index (χ1) is 13.0. The van der Waals surface area contributed by atoms with E-state index >= 15 is 0 Å². The lowest BCUT2D eigenvalue weighted by molar-refractivity contribution is -0.136. The van der Waals surface area contributed by atoms with Crippen molar-refractivity contribution in [3.05, 3.63) is 63.6 Å². The van der Waals surface area contributed by atoms with E-state index in [0.29, 0.717) is 36.2 Å². The minimum atomic E-state index is -0.684. The number of nitrogens with zero attached hydrogens (tertiary/aromatic N) is 2. The van der Waals surface area contributed by atoms with Gasteiger partial charge in [-0.1, -0.05) is 29.3 Å². The van der Waals surface area contributed by atoms with Crippen LogP contribution < -0.4 is 4.90 Å². The highest BCUT2D eigenvalue weighted by atomic mass is 35.5. The van der Waals surface area contributed by atoms with Gasteiger partial charge in [0.25, 0.3) is 0 Å². The maximum atomic E-state index is 13.6. The molecule has 2 aromatic rings. The van der Waals surface area contributed by atoms with Gasteiger partial charge < -0.3 is 14.5 Å². The van der Waals surface area contributed by atoms with Crippen LogP contribution in [0.4, 0.5) is 14.5 Å².